The molecule has 7 N–H and O–H groups in total. The Kier molecular flexibility index (Phi) is 10.8. The smallest absolute Gasteiger partial charge is 0.392 e. The number of benzene rings is 1. The van der Waals surface area contributed by atoms with Crippen LogP contribution in [0, 0.1) is 19.3 Å². The minimum atomic E-state index is -1.46. The molecule has 1 fully saturated rings. The quantitative estimate of drug-likeness (QED) is 0.137. The van der Waals surface area contributed by atoms with Crippen molar-refractivity contribution in [2.24, 2.45) is 0 Å². The van der Waals surface area contributed by atoms with Crippen LogP contribution in [0.25, 0.3) is 0 Å². The van der Waals surface area contributed by atoms with Crippen molar-refractivity contribution < 1.29 is 34.6 Å². The Balaban J connectivity index is 1.92. The molecular weight excluding hydrogens is 417 g/mol. The van der Waals surface area contributed by atoms with E-state index < -0.39 is 30.7 Å². The fraction of sp³-hybridized carbons (Fsp3) is 0.571. The third kappa shape index (κ3) is 7.67. The highest BCUT2D eigenvalue weighted by Crippen LogP contribution is 2.28. The third-order valence-corrected chi connectivity index (χ3v) is 5.06. The van der Waals surface area contributed by atoms with Crippen LogP contribution < -0.4 is 20.6 Å². The number of carbonyl (C=O) groups excluding carboxylic acids is 1. The Morgan fingerprint density at radius 3 is 2.69 bits per heavy atom. The average molecular weight is 448 g/mol. The summed E-state index contributed by atoms with van der Waals surface area (Å²) in [7, 11) is 0.770. The second-order valence-electron chi connectivity index (χ2n) is 7.52. The standard InChI is InChI=1S/C21H31BN3O7/c1-3-4-5-6-10-23-21(29)25-15-8-7-14(12-13(15)2)31-20-19(28)18(27)17(26)16(32-20)9-11-24-22-30/h1,7-8,12,16-20,24,26-28,30H,4-6,9-11H2,2H3,(H2,23,25,29)/t16-,17-,18?,19?,20+/m1/s1. The van der Waals surface area contributed by atoms with Crippen LogP contribution in [0.4, 0.5) is 10.5 Å². The van der Waals surface area contributed by atoms with Gasteiger partial charge in [0, 0.05) is 18.7 Å². The SMILES string of the molecule is C#CCCCCNC(=O)Nc1ccc(O[C@H]2O[C@H](CCN[B]O)[C@@H](O)C(O)C2O)cc1C. The maximum Gasteiger partial charge on any atom is 0.392 e. The zero-order chi connectivity index (χ0) is 23.5. The van der Waals surface area contributed by atoms with Crippen molar-refractivity contribution in [3.05, 3.63) is 23.8 Å². The fourth-order valence-corrected chi connectivity index (χ4v) is 3.25. The zero-order valence-corrected chi connectivity index (χ0v) is 18.0. The molecule has 1 aliphatic rings. The summed E-state index contributed by atoms with van der Waals surface area (Å²) in [5.74, 6) is 2.91. The monoisotopic (exact) mass is 448 g/mol. The molecule has 2 amide bonds. The molecule has 0 bridgehead atoms. The number of unbranched alkanes of at least 4 members (excludes halogenated alkanes) is 2. The molecule has 11 heteroatoms. The largest absolute Gasteiger partial charge is 0.462 e. The van der Waals surface area contributed by atoms with Gasteiger partial charge in [0.2, 0.25) is 6.29 Å². The first-order chi connectivity index (χ1) is 15.4. The van der Waals surface area contributed by atoms with Gasteiger partial charge in [0.05, 0.1) is 6.10 Å². The minimum absolute atomic E-state index is 0.265. The molecule has 5 atom stereocenters. The molecule has 0 saturated carbocycles. The van der Waals surface area contributed by atoms with E-state index in [2.05, 4.69) is 21.8 Å². The van der Waals surface area contributed by atoms with Crippen LogP contribution >= 0.6 is 0 Å². The van der Waals surface area contributed by atoms with Crippen molar-refractivity contribution in [2.45, 2.75) is 63.3 Å². The summed E-state index contributed by atoms with van der Waals surface area (Å²) < 4.78 is 11.3. The van der Waals surface area contributed by atoms with Crippen molar-refractivity contribution >= 4 is 19.3 Å². The first-order valence-corrected chi connectivity index (χ1v) is 10.5. The van der Waals surface area contributed by atoms with Crippen LogP contribution in [0.5, 0.6) is 5.75 Å². The Hall–Kier alpha value is -2.33. The number of nitrogens with one attached hydrogen (secondary N) is 3. The van der Waals surface area contributed by atoms with Crippen molar-refractivity contribution in [2.75, 3.05) is 18.4 Å². The summed E-state index contributed by atoms with van der Waals surface area (Å²) in [4.78, 5) is 12.0. The van der Waals surface area contributed by atoms with Gasteiger partial charge in [-0.15, -0.1) is 12.3 Å². The van der Waals surface area contributed by atoms with Gasteiger partial charge < -0.3 is 45.7 Å². The van der Waals surface area contributed by atoms with Gasteiger partial charge in [0.15, 0.2) is 0 Å². The Morgan fingerprint density at radius 2 is 2.00 bits per heavy atom. The number of aryl methyl sites for hydroxylation is 1. The molecule has 0 aliphatic carbocycles. The van der Waals surface area contributed by atoms with Gasteiger partial charge in [-0.05, 0) is 56.5 Å². The van der Waals surface area contributed by atoms with E-state index in [0.717, 1.165) is 26.0 Å². The van der Waals surface area contributed by atoms with Crippen molar-refractivity contribution in [3.8, 4) is 18.1 Å². The molecule has 1 saturated heterocycles. The van der Waals surface area contributed by atoms with E-state index in [4.69, 9.17) is 20.9 Å². The maximum atomic E-state index is 12.0. The number of terminal acetylenes is 1. The molecule has 0 spiro atoms. The first-order valence-electron chi connectivity index (χ1n) is 10.5. The fourth-order valence-electron chi connectivity index (χ4n) is 3.25. The predicted molar refractivity (Wildman–Crippen MR) is 119 cm³/mol. The van der Waals surface area contributed by atoms with Crippen LogP contribution in [-0.2, 0) is 4.74 Å². The Labute approximate surface area is 188 Å². The molecule has 10 nitrogen and oxygen atoms in total. The topological polar surface area (TPSA) is 153 Å². The summed E-state index contributed by atoms with van der Waals surface area (Å²) in [5.41, 5.74) is 1.30. The van der Waals surface area contributed by atoms with E-state index >= 15 is 0 Å². The first kappa shape index (κ1) is 25.9. The van der Waals surface area contributed by atoms with Crippen molar-refractivity contribution in [3.63, 3.8) is 0 Å². The lowest BCUT2D eigenvalue weighted by molar-refractivity contribution is -0.272. The molecule has 2 rings (SSSR count). The summed E-state index contributed by atoms with van der Waals surface area (Å²) in [6.07, 6.45) is 1.55. The maximum absolute atomic E-state index is 12.0. The highest BCUT2D eigenvalue weighted by molar-refractivity contribution is 6.21. The van der Waals surface area contributed by atoms with Gasteiger partial charge in [0.25, 0.3) is 0 Å². The normalized spacial score (nSPS) is 24.9. The number of hydrogen-bond donors (Lipinski definition) is 7. The summed E-state index contributed by atoms with van der Waals surface area (Å²) in [6.45, 7) is 2.59. The average Bonchev–Trinajstić information content (AvgIpc) is 2.77. The summed E-state index contributed by atoms with van der Waals surface area (Å²) in [5, 5.41) is 47.3. The number of rotatable bonds is 11. The van der Waals surface area contributed by atoms with E-state index in [-0.39, 0.29) is 12.5 Å². The van der Waals surface area contributed by atoms with Crippen LogP contribution in [0.1, 0.15) is 31.2 Å². The lowest BCUT2D eigenvalue weighted by Gasteiger charge is -2.40. The second kappa shape index (κ2) is 13.3. The van der Waals surface area contributed by atoms with Gasteiger partial charge in [-0.2, -0.15) is 0 Å². The van der Waals surface area contributed by atoms with Crippen LogP contribution in [0.15, 0.2) is 18.2 Å². The van der Waals surface area contributed by atoms with Gasteiger partial charge in [-0.1, -0.05) is 0 Å². The molecule has 2 unspecified atom stereocenters. The number of hydrogen-bond acceptors (Lipinski definition) is 8. The number of carbonyl (C=O) groups is 1. The van der Waals surface area contributed by atoms with Crippen molar-refractivity contribution in [1.29, 1.82) is 0 Å². The highest BCUT2D eigenvalue weighted by Gasteiger charge is 2.44. The molecule has 1 aromatic rings. The number of ether oxygens (including phenoxy) is 2. The zero-order valence-electron chi connectivity index (χ0n) is 18.0. The van der Waals surface area contributed by atoms with E-state index in [1.165, 1.54) is 0 Å². The van der Waals surface area contributed by atoms with Crippen LogP contribution in [-0.4, -0.2) is 77.8 Å². The predicted octanol–water partition coefficient (Wildman–Crippen LogP) is -0.387. The van der Waals surface area contributed by atoms with Gasteiger partial charge in [0.1, 0.15) is 24.1 Å². The minimum Gasteiger partial charge on any atom is -0.462 e. The number of urea groups is 1. The molecule has 1 aromatic carbocycles. The number of aliphatic hydroxyl groups is 3. The lowest BCUT2D eigenvalue weighted by atomic mass is 9.96. The second-order valence-corrected chi connectivity index (χ2v) is 7.52. The molecule has 1 heterocycles. The van der Waals surface area contributed by atoms with E-state index in [1.54, 1.807) is 25.1 Å². The van der Waals surface area contributed by atoms with Crippen LogP contribution in [0.2, 0.25) is 0 Å². The van der Waals surface area contributed by atoms with Gasteiger partial charge >= 0.3 is 13.6 Å². The molecule has 175 valence electrons. The van der Waals surface area contributed by atoms with Gasteiger partial charge in [-0.3, -0.25) is 0 Å². The van der Waals surface area contributed by atoms with E-state index in [1.807, 2.05) is 0 Å². The van der Waals surface area contributed by atoms with Crippen LogP contribution in [0.3, 0.4) is 0 Å². The number of anilines is 1. The molecule has 32 heavy (non-hydrogen) atoms. The Morgan fingerprint density at radius 1 is 1.22 bits per heavy atom. The number of aliphatic hydroxyl groups excluding tert-OH is 3. The molecule has 1 aliphatic heterocycles. The van der Waals surface area contributed by atoms with Gasteiger partial charge in [-0.25, -0.2) is 4.79 Å². The summed E-state index contributed by atoms with van der Waals surface area (Å²) >= 11 is 0. The Bertz CT molecular complexity index is 776. The van der Waals surface area contributed by atoms with E-state index in [0.29, 0.717) is 30.9 Å². The lowest BCUT2D eigenvalue weighted by Crippen LogP contribution is -2.59. The molecular formula is C21H31BN3O7. The van der Waals surface area contributed by atoms with Crippen molar-refractivity contribution in [1.82, 2.24) is 10.5 Å². The molecule has 0 aromatic heterocycles. The van der Waals surface area contributed by atoms with E-state index in [9.17, 15) is 20.1 Å². The number of amides is 2. The molecule has 1 radical (unpaired) electrons. The summed E-state index contributed by atoms with van der Waals surface area (Å²) in [6, 6.07) is 4.58. The highest BCUT2D eigenvalue weighted by atomic mass is 16.7. The third-order valence-electron chi connectivity index (χ3n) is 5.06.